The molecule has 6 heteroatoms. The largest absolute Gasteiger partial charge is 0.378 e. The minimum Gasteiger partial charge on any atom is -0.378 e. The fraction of sp³-hybridized carbons (Fsp3) is 0.474. The third kappa shape index (κ3) is 3.20. The first kappa shape index (κ1) is 18.0. The van der Waals surface area contributed by atoms with Gasteiger partial charge in [-0.3, -0.25) is 4.79 Å². The fourth-order valence-corrected chi connectivity index (χ4v) is 4.28. The zero-order valence-electron chi connectivity index (χ0n) is 15.0. The van der Waals surface area contributed by atoms with Crippen LogP contribution in [-0.2, 0) is 4.74 Å². The molecule has 0 radical (unpaired) electrons. The van der Waals surface area contributed by atoms with Gasteiger partial charge in [0, 0.05) is 36.1 Å². The molecule has 0 unspecified atom stereocenters. The van der Waals surface area contributed by atoms with Gasteiger partial charge in [0.15, 0.2) is 0 Å². The molecule has 1 aromatic heterocycles. The summed E-state index contributed by atoms with van der Waals surface area (Å²) < 4.78 is 19.7. The van der Waals surface area contributed by atoms with E-state index in [9.17, 15) is 9.18 Å². The topological polar surface area (TPSA) is 42.4 Å². The van der Waals surface area contributed by atoms with Crippen LogP contribution in [0.15, 0.2) is 29.6 Å². The highest BCUT2D eigenvalue weighted by Crippen LogP contribution is 2.45. The average molecular weight is 362 g/mol. The van der Waals surface area contributed by atoms with Gasteiger partial charge in [-0.15, -0.1) is 11.3 Å². The van der Waals surface area contributed by atoms with Crippen molar-refractivity contribution in [1.29, 1.82) is 0 Å². The third-order valence-corrected chi connectivity index (χ3v) is 5.98. The molecule has 1 aromatic carbocycles. The quantitative estimate of drug-likeness (QED) is 0.800. The third-order valence-electron chi connectivity index (χ3n) is 5.11. The van der Waals surface area contributed by atoms with Gasteiger partial charge < -0.3 is 9.64 Å². The molecule has 3 rings (SSSR count). The van der Waals surface area contributed by atoms with Crippen molar-refractivity contribution < 1.29 is 13.9 Å². The predicted molar refractivity (Wildman–Crippen MR) is 97.2 cm³/mol. The van der Waals surface area contributed by atoms with Crippen LogP contribution >= 0.6 is 11.3 Å². The number of halogens is 1. The molecule has 4 nitrogen and oxygen atoms in total. The number of aromatic nitrogens is 1. The van der Waals surface area contributed by atoms with E-state index in [1.54, 1.807) is 35.5 Å². The molecule has 0 bridgehead atoms. The summed E-state index contributed by atoms with van der Waals surface area (Å²) in [7, 11) is 1.80. The number of nitrogens with zero attached hydrogens (tertiary/aromatic N) is 2. The van der Waals surface area contributed by atoms with E-state index in [4.69, 9.17) is 4.74 Å². The van der Waals surface area contributed by atoms with Crippen LogP contribution in [0.25, 0.3) is 10.6 Å². The van der Waals surface area contributed by atoms with E-state index in [0.29, 0.717) is 22.9 Å². The SMILES string of the molecule is CCO[C@H]1C[C@H](N(C)C(=O)c2csc(-c3ccccc3F)n2)C1(C)C. The van der Waals surface area contributed by atoms with Crippen molar-refractivity contribution >= 4 is 17.2 Å². The molecule has 1 aliphatic carbocycles. The second kappa shape index (κ2) is 6.84. The second-order valence-corrected chi connectivity index (χ2v) is 7.81. The van der Waals surface area contributed by atoms with Crippen molar-refractivity contribution in [3.05, 3.63) is 41.2 Å². The highest BCUT2D eigenvalue weighted by Gasteiger charge is 2.52. The number of benzene rings is 1. The molecule has 0 aliphatic heterocycles. The number of hydrogen-bond donors (Lipinski definition) is 0. The Balaban J connectivity index is 1.75. The fourth-order valence-electron chi connectivity index (χ4n) is 3.46. The number of amides is 1. The lowest BCUT2D eigenvalue weighted by Gasteiger charge is -2.54. The summed E-state index contributed by atoms with van der Waals surface area (Å²) in [6.45, 7) is 6.91. The van der Waals surface area contributed by atoms with Gasteiger partial charge in [-0.25, -0.2) is 9.37 Å². The summed E-state index contributed by atoms with van der Waals surface area (Å²) in [5, 5.41) is 2.22. The van der Waals surface area contributed by atoms with Crippen LogP contribution in [0.2, 0.25) is 0 Å². The van der Waals surface area contributed by atoms with Crippen molar-refractivity contribution in [2.45, 2.75) is 39.3 Å². The standard InChI is InChI=1S/C19H23FN2O2S/c1-5-24-16-10-15(19(16,2)3)22(4)18(23)14-11-25-17(21-14)12-8-6-7-9-13(12)20/h6-9,11,15-16H,5,10H2,1-4H3/t15-,16-/m0/s1. The summed E-state index contributed by atoms with van der Waals surface area (Å²) in [6, 6.07) is 6.58. The number of rotatable bonds is 5. The van der Waals surface area contributed by atoms with Crippen LogP contribution in [0.4, 0.5) is 4.39 Å². The Morgan fingerprint density at radius 1 is 1.44 bits per heavy atom. The van der Waals surface area contributed by atoms with E-state index in [2.05, 4.69) is 18.8 Å². The van der Waals surface area contributed by atoms with Crippen LogP contribution in [0.3, 0.4) is 0 Å². The van der Waals surface area contributed by atoms with Gasteiger partial charge in [0.2, 0.25) is 0 Å². The van der Waals surface area contributed by atoms with Crippen LogP contribution < -0.4 is 0 Å². The first-order valence-corrected chi connectivity index (χ1v) is 9.33. The number of ether oxygens (including phenoxy) is 1. The van der Waals surface area contributed by atoms with Crippen LogP contribution in [-0.4, -0.2) is 41.6 Å². The molecule has 1 amide bonds. The highest BCUT2D eigenvalue weighted by atomic mass is 32.1. The maximum Gasteiger partial charge on any atom is 0.273 e. The zero-order chi connectivity index (χ0) is 18.2. The molecule has 1 fully saturated rings. The van der Waals surface area contributed by atoms with Crippen molar-refractivity contribution in [2.75, 3.05) is 13.7 Å². The van der Waals surface area contributed by atoms with Gasteiger partial charge in [-0.05, 0) is 25.5 Å². The maximum atomic E-state index is 13.9. The van der Waals surface area contributed by atoms with E-state index >= 15 is 0 Å². The Morgan fingerprint density at radius 3 is 2.80 bits per heavy atom. The molecular weight excluding hydrogens is 339 g/mol. The Labute approximate surface area is 151 Å². The number of carbonyl (C=O) groups is 1. The lowest BCUT2D eigenvalue weighted by Crippen LogP contribution is -2.62. The Bertz CT molecular complexity index is 774. The number of hydrogen-bond acceptors (Lipinski definition) is 4. The molecule has 0 N–H and O–H groups in total. The summed E-state index contributed by atoms with van der Waals surface area (Å²) >= 11 is 1.29. The first-order chi connectivity index (χ1) is 11.9. The van der Waals surface area contributed by atoms with Gasteiger partial charge in [0.05, 0.1) is 6.10 Å². The smallest absolute Gasteiger partial charge is 0.273 e. The summed E-state index contributed by atoms with van der Waals surface area (Å²) in [4.78, 5) is 18.9. The van der Waals surface area contributed by atoms with Gasteiger partial charge in [-0.1, -0.05) is 26.0 Å². The van der Waals surface area contributed by atoms with Gasteiger partial charge in [-0.2, -0.15) is 0 Å². The van der Waals surface area contributed by atoms with Crippen LogP contribution in [0.5, 0.6) is 0 Å². The Kier molecular flexibility index (Phi) is 4.93. The first-order valence-electron chi connectivity index (χ1n) is 8.45. The lowest BCUT2D eigenvalue weighted by molar-refractivity contribution is -0.136. The van der Waals surface area contributed by atoms with Gasteiger partial charge in [0.1, 0.15) is 16.5 Å². The van der Waals surface area contributed by atoms with E-state index in [1.807, 2.05) is 6.92 Å². The average Bonchev–Trinajstić information content (AvgIpc) is 3.07. The molecule has 25 heavy (non-hydrogen) atoms. The van der Waals surface area contributed by atoms with Gasteiger partial charge >= 0.3 is 0 Å². The van der Waals surface area contributed by atoms with E-state index in [-0.39, 0.29) is 29.3 Å². The Morgan fingerprint density at radius 2 is 2.16 bits per heavy atom. The van der Waals surface area contributed by atoms with Gasteiger partial charge in [0.25, 0.3) is 5.91 Å². The van der Waals surface area contributed by atoms with Crippen molar-refractivity contribution in [2.24, 2.45) is 5.41 Å². The van der Waals surface area contributed by atoms with E-state index in [1.165, 1.54) is 17.4 Å². The van der Waals surface area contributed by atoms with E-state index < -0.39 is 0 Å². The number of thiazole rings is 1. The molecule has 1 aliphatic rings. The molecular formula is C19H23FN2O2S. The van der Waals surface area contributed by atoms with Crippen molar-refractivity contribution in [3.8, 4) is 10.6 Å². The summed E-state index contributed by atoms with van der Waals surface area (Å²) in [5.41, 5.74) is 0.696. The molecule has 0 spiro atoms. The van der Waals surface area contributed by atoms with Crippen molar-refractivity contribution in [3.63, 3.8) is 0 Å². The molecule has 1 saturated carbocycles. The molecule has 134 valence electrons. The highest BCUT2D eigenvalue weighted by molar-refractivity contribution is 7.13. The number of carbonyl (C=O) groups excluding carboxylic acids is 1. The van der Waals surface area contributed by atoms with Crippen LogP contribution in [0.1, 0.15) is 37.7 Å². The predicted octanol–water partition coefficient (Wildman–Crippen LogP) is 4.22. The molecule has 0 saturated heterocycles. The van der Waals surface area contributed by atoms with Crippen molar-refractivity contribution in [1.82, 2.24) is 9.88 Å². The summed E-state index contributed by atoms with van der Waals surface area (Å²) in [5.74, 6) is -0.462. The minimum absolute atomic E-state index is 0.0925. The molecule has 2 aromatic rings. The molecule has 2 atom stereocenters. The minimum atomic E-state index is -0.330. The normalized spacial score (nSPS) is 21.6. The monoisotopic (exact) mass is 362 g/mol. The van der Waals surface area contributed by atoms with E-state index in [0.717, 1.165) is 6.42 Å². The van der Waals surface area contributed by atoms with Crippen LogP contribution in [0, 0.1) is 11.2 Å². The second-order valence-electron chi connectivity index (χ2n) is 6.95. The molecule has 1 heterocycles. The zero-order valence-corrected chi connectivity index (χ0v) is 15.8. The maximum absolute atomic E-state index is 13.9. The Hall–Kier alpha value is -1.79. The lowest BCUT2D eigenvalue weighted by atomic mass is 9.63. The summed E-state index contributed by atoms with van der Waals surface area (Å²) in [6.07, 6.45) is 0.995.